The lowest BCUT2D eigenvalue weighted by Gasteiger charge is -2.54. The van der Waals surface area contributed by atoms with E-state index in [2.05, 4.69) is 12.2 Å². The number of carbonyl (C=O) groups is 2. The van der Waals surface area contributed by atoms with Crippen LogP contribution in [0.5, 0.6) is 0 Å². The van der Waals surface area contributed by atoms with E-state index < -0.39 is 40.6 Å². The van der Waals surface area contributed by atoms with Crippen LogP contribution in [-0.4, -0.2) is 56.8 Å². The summed E-state index contributed by atoms with van der Waals surface area (Å²) in [5.41, 5.74) is 3.14. The number of rotatable bonds is 7. The van der Waals surface area contributed by atoms with Crippen molar-refractivity contribution in [3.63, 3.8) is 0 Å². The summed E-state index contributed by atoms with van der Waals surface area (Å²) < 4.78 is 34.5. The van der Waals surface area contributed by atoms with Crippen molar-refractivity contribution in [1.29, 1.82) is 0 Å². The molecule has 4 aromatic carbocycles. The lowest BCUT2D eigenvalue weighted by Crippen LogP contribution is -2.69. The smallest absolute Gasteiger partial charge is 0.259 e. The fourth-order valence-corrected chi connectivity index (χ4v) is 9.91. The van der Waals surface area contributed by atoms with Gasteiger partial charge in [0.1, 0.15) is 22.6 Å². The number of ether oxygens (including phenoxy) is 1. The van der Waals surface area contributed by atoms with Crippen molar-refractivity contribution < 1.29 is 33.3 Å². The van der Waals surface area contributed by atoms with E-state index in [0.29, 0.717) is 71.9 Å². The van der Waals surface area contributed by atoms with E-state index in [9.17, 15) is 23.8 Å². The Morgan fingerprint density at radius 2 is 1.35 bits per heavy atom. The molecule has 3 unspecified atom stereocenters. The van der Waals surface area contributed by atoms with Gasteiger partial charge in [0.2, 0.25) is 0 Å². The summed E-state index contributed by atoms with van der Waals surface area (Å²) in [4.78, 5) is 31.6. The predicted octanol–water partition coefficient (Wildman–Crippen LogP) is 10.4. The SMILES string of the molecule is CCOC1CCC2(NC(=O)C(c3cc(-c4ccc(Cl)cc4)ccc3C)=C2O)C(N2C(=O)C(c3cc(-c4ccc(F)c(F)c4)ccc3C)=C(O)C23CCC(C)CC3)C1. The molecule has 0 saturated heterocycles. The average molecular weight is 793 g/mol. The zero-order valence-corrected chi connectivity index (χ0v) is 33.4. The van der Waals surface area contributed by atoms with Gasteiger partial charge in [-0.05, 0) is 153 Å². The quantitative estimate of drug-likeness (QED) is 0.173. The molecule has 10 heteroatoms. The first-order valence-corrected chi connectivity index (χ1v) is 20.2. The molecule has 2 aliphatic heterocycles. The summed E-state index contributed by atoms with van der Waals surface area (Å²) in [6.45, 7) is 8.28. The van der Waals surface area contributed by atoms with E-state index >= 15 is 4.79 Å². The highest BCUT2D eigenvalue weighted by Gasteiger charge is 2.64. The highest BCUT2D eigenvalue weighted by molar-refractivity contribution is 6.30. The van der Waals surface area contributed by atoms with Gasteiger partial charge in [0.25, 0.3) is 11.8 Å². The second-order valence-electron chi connectivity index (χ2n) is 16.3. The number of aliphatic hydroxyl groups is 2. The minimum atomic E-state index is -1.37. The van der Waals surface area contributed by atoms with Gasteiger partial charge in [-0.2, -0.15) is 0 Å². The maximum atomic E-state index is 15.4. The van der Waals surface area contributed by atoms with Crippen molar-refractivity contribution in [2.75, 3.05) is 6.61 Å². The van der Waals surface area contributed by atoms with Gasteiger partial charge in [-0.25, -0.2) is 8.78 Å². The van der Waals surface area contributed by atoms with Gasteiger partial charge >= 0.3 is 0 Å². The standard InChI is InChI=1S/C47H47ClF2N2O5/c1-5-57-34-18-21-47(43(54)40(44(55)51-47)35-22-30(8-6-27(35)3)29-10-13-33(48)14-11-29)39(25-34)52-45(56)41(42(53)46(52)19-16-26(2)17-20-46)36-23-31(9-7-28(36)4)32-12-15-37(49)38(50)24-32/h6-15,22-24,26,34,39,53-54H,5,16-21,25H2,1-4H3,(H,51,55). The molecule has 3 N–H and O–H groups in total. The monoisotopic (exact) mass is 792 g/mol. The van der Waals surface area contributed by atoms with Gasteiger partial charge in [0.05, 0.1) is 23.3 Å². The van der Waals surface area contributed by atoms with E-state index in [1.807, 2.05) is 57.2 Å². The van der Waals surface area contributed by atoms with Crippen LogP contribution in [0.15, 0.2) is 90.4 Å². The molecule has 2 fully saturated rings. The summed E-state index contributed by atoms with van der Waals surface area (Å²) >= 11 is 6.18. The Morgan fingerprint density at radius 3 is 1.98 bits per heavy atom. The van der Waals surface area contributed by atoms with Crippen LogP contribution in [0.4, 0.5) is 8.78 Å². The van der Waals surface area contributed by atoms with Crippen LogP contribution in [-0.2, 0) is 14.3 Å². The highest BCUT2D eigenvalue weighted by Crippen LogP contribution is 2.55. The van der Waals surface area contributed by atoms with E-state index in [-0.39, 0.29) is 28.8 Å². The molecule has 2 heterocycles. The molecule has 3 atom stereocenters. The number of nitrogens with zero attached hydrogens (tertiary/aromatic N) is 1. The molecule has 7 nitrogen and oxygen atoms in total. The fourth-order valence-electron chi connectivity index (χ4n) is 9.79. The minimum absolute atomic E-state index is 0.0434. The number of aliphatic hydroxyl groups excluding tert-OH is 2. The van der Waals surface area contributed by atoms with Crippen LogP contribution in [0.2, 0.25) is 5.02 Å². The van der Waals surface area contributed by atoms with Gasteiger partial charge in [-0.15, -0.1) is 0 Å². The normalized spacial score (nSPS) is 26.3. The van der Waals surface area contributed by atoms with Crippen molar-refractivity contribution in [3.05, 3.63) is 129 Å². The third kappa shape index (κ3) is 6.43. The molecule has 2 aliphatic carbocycles. The Hall–Kier alpha value is -4.99. The first-order chi connectivity index (χ1) is 27.3. The van der Waals surface area contributed by atoms with E-state index in [1.165, 1.54) is 6.07 Å². The second kappa shape index (κ2) is 14.7. The summed E-state index contributed by atoms with van der Waals surface area (Å²) in [5.74, 6) is -2.60. The number of nitrogens with one attached hydrogen (secondary N) is 1. The van der Waals surface area contributed by atoms with Crippen LogP contribution in [0.1, 0.15) is 81.0 Å². The summed E-state index contributed by atoms with van der Waals surface area (Å²) in [6.07, 6.45) is 3.33. The maximum Gasteiger partial charge on any atom is 0.259 e. The number of halogens is 3. The third-order valence-electron chi connectivity index (χ3n) is 13.0. The second-order valence-corrected chi connectivity index (χ2v) is 16.8. The number of carbonyl (C=O) groups excluding carboxylic acids is 2. The fraction of sp³-hybridized carbons (Fsp3) is 0.362. The van der Waals surface area contributed by atoms with E-state index in [1.54, 1.807) is 29.2 Å². The Labute approximate surface area is 337 Å². The van der Waals surface area contributed by atoms with Gasteiger partial charge in [-0.1, -0.05) is 61.0 Å². The summed E-state index contributed by atoms with van der Waals surface area (Å²) in [5, 5.41) is 29.1. The molecular weight excluding hydrogens is 746 g/mol. The van der Waals surface area contributed by atoms with Crippen molar-refractivity contribution in [2.24, 2.45) is 5.92 Å². The largest absolute Gasteiger partial charge is 0.509 e. The Kier molecular flexibility index (Phi) is 10.1. The number of hydrogen-bond donors (Lipinski definition) is 3. The van der Waals surface area contributed by atoms with Gasteiger partial charge in [0, 0.05) is 11.6 Å². The van der Waals surface area contributed by atoms with E-state index in [0.717, 1.165) is 47.2 Å². The lowest BCUT2D eigenvalue weighted by atomic mass is 9.70. The maximum absolute atomic E-state index is 15.4. The summed E-state index contributed by atoms with van der Waals surface area (Å²) in [7, 11) is 0. The van der Waals surface area contributed by atoms with Crippen molar-refractivity contribution in [1.82, 2.24) is 10.2 Å². The number of amides is 2. The van der Waals surface area contributed by atoms with Crippen molar-refractivity contribution >= 4 is 34.6 Å². The topological polar surface area (TPSA) is 99.1 Å². The Morgan fingerprint density at radius 1 is 0.772 bits per heavy atom. The molecule has 0 radical (unpaired) electrons. The molecular formula is C47H47ClF2N2O5. The molecule has 0 bridgehead atoms. The van der Waals surface area contributed by atoms with Gasteiger partial charge in [0.15, 0.2) is 11.6 Å². The Balaban J connectivity index is 1.28. The van der Waals surface area contributed by atoms with Crippen LogP contribution in [0.25, 0.3) is 33.4 Å². The first-order valence-electron chi connectivity index (χ1n) is 19.9. The third-order valence-corrected chi connectivity index (χ3v) is 13.2. The zero-order chi connectivity index (χ0) is 40.4. The molecule has 2 saturated carbocycles. The molecule has 2 amide bonds. The van der Waals surface area contributed by atoms with Crippen molar-refractivity contribution in [2.45, 2.75) is 95.9 Å². The predicted molar refractivity (Wildman–Crippen MR) is 218 cm³/mol. The molecule has 2 spiro atoms. The van der Waals surface area contributed by atoms with Crippen molar-refractivity contribution in [3.8, 4) is 22.3 Å². The average Bonchev–Trinajstić information content (AvgIpc) is 3.56. The van der Waals surface area contributed by atoms with Crippen LogP contribution >= 0.6 is 11.6 Å². The lowest BCUT2D eigenvalue weighted by molar-refractivity contribution is -0.142. The minimum Gasteiger partial charge on any atom is -0.509 e. The number of benzene rings is 4. The first kappa shape index (κ1) is 38.9. The van der Waals surface area contributed by atoms with Crippen LogP contribution < -0.4 is 5.32 Å². The molecule has 296 valence electrons. The molecule has 0 aromatic heterocycles. The summed E-state index contributed by atoms with van der Waals surface area (Å²) in [6, 6.07) is 21.4. The van der Waals surface area contributed by atoms with E-state index in [4.69, 9.17) is 16.3 Å². The molecule has 4 aliphatic rings. The molecule has 4 aromatic rings. The Bertz CT molecular complexity index is 2350. The number of hydrogen-bond acceptors (Lipinski definition) is 5. The van der Waals surface area contributed by atoms with Crippen LogP contribution in [0.3, 0.4) is 0 Å². The van der Waals surface area contributed by atoms with Gasteiger partial charge < -0.3 is 25.2 Å². The number of aryl methyl sites for hydroxylation is 2. The van der Waals surface area contributed by atoms with Crippen LogP contribution in [0, 0.1) is 31.4 Å². The van der Waals surface area contributed by atoms with Gasteiger partial charge in [-0.3, -0.25) is 9.59 Å². The molecule has 8 rings (SSSR count). The highest BCUT2D eigenvalue weighted by atomic mass is 35.5. The zero-order valence-electron chi connectivity index (χ0n) is 32.6. The molecule has 57 heavy (non-hydrogen) atoms.